The molecular formula is C22H20. The summed E-state index contributed by atoms with van der Waals surface area (Å²) in [5, 5.41) is 0. The van der Waals surface area contributed by atoms with Crippen molar-refractivity contribution in [3.63, 3.8) is 0 Å². The minimum Gasteiger partial charge on any atom is -0.0623 e. The quantitative estimate of drug-likeness (QED) is 0.510. The van der Waals surface area contributed by atoms with E-state index in [0.29, 0.717) is 0 Å². The first-order valence-corrected chi connectivity index (χ1v) is 7.40. The van der Waals surface area contributed by atoms with Crippen LogP contribution in [0.3, 0.4) is 0 Å². The molecule has 0 heterocycles. The summed E-state index contributed by atoms with van der Waals surface area (Å²) in [6, 6.07) is 32.6. The van der Waals surface area contributed by atoms with E-state index in [1.807, 2.05) is 72.8 Å². The van der Waals surface area contributed by atoms with E-state index in [1.165, 1.54) is 11.1 Å². The Hall–Kier alpha value is -2.86. The Bertz CT molecular complexity index is 591. The molecule has 3 aromatic carbocycles. The molecular weight excluding hydrogens is 264 g/mol. The summed E-state index contributed by atoms with van der Waals surface area (Å²) in [5.41, 5.74) is 2.44. The molecule has 0 bridgehead atoms. The number of allylic oxidation sites excluding steroid dienone is 2. The molecule has 3 rings (SSSR count). The molecule has 22 heavy (non-hydrogen) atoms. The van der Waals surface area contributed by atoms with Gasteiger partial charge in [-0.05, 0) is 11.1 Å². The molecule has 0 spiro atoms. The van der Waals surface area contributed by atoms with Gasteiger partial charge in [0.25, 0.3) is 0 Å². The third-order valence-corrected chi connectivity index (χ3v) is 2.95. The van der Waals surface area contributed by atoms with Gasteiger partial charge in [0, 0.05) is 0 Å². The maximum Gasteiger partial charge on any atom is -0.0257 e. The topological polar surface area (TPSA) is 0 Å². The average Bonchev–Trinajstić information content (AvgIpc) is 2.63. The lowest BCUT2D eigenvalue weighted by atomic mass is 10.2. The monoisotopic (exact) mass is 284 g/mol. The summed E-state index contributed by atoms with van der Waals surface area (Å²) in [6.07, 6.45) is 8.31. The van der Waals surface area contributed by atoms with Crippen LogP contribution in [0.1, 0.15) is 11.1 Å². The standard InChI is InChI=1S/C16H14.C6H6/c1-3-9-15(10-4-1)13-7-8-14-16-11-5-2-6-12-16;1-2-4-6-5-3-1/h1-14H;1-6H/b13-7+,14-8+;. The maximum absolute atomic E-state index is 2.10. The Balaban J connectivity index is 0.000000246. The van der Waals surface area contributed by atoms with Crippen LogP contribution in [0.25, 0.3) is 12.2 Å². The van der Waals surface area contributed by atoms with E-state index in [-0.39, 0.29) is 0 Å². The summed E-state index contributed by atoms with van der Waals surface area (Å²) in [6.45, 7) is 0. The molecule has 0 unspecified atom stereocenters. The molecule has 0 saturated carbocycles. The van der Waals surface area contributed by atoms with Crippen LogP contribution in [0.15, 0.2) is 109 Å². The number of rotatable bonds is 3. The highest BCUT2D eigenvalue weighted by atomic mass is 13.9. The molecule has 0 aliphatic carbocycles. The van der Waals surface area contributed by atoms with Crippen molar-refractivity contribution >= 4 is 12.2 Å². The van der Waals surface area contributed by atoms with Gasteiger partial charge in [0.2, 0.25) is 0 Å². The fourth-order valence-corrected chi connectivity index (χ4v) is 1.85. The van der Waals surface area contributed by atoms with E-state index in [0.717, 1.165) is 0 Å². The van der Waals surface area contributed by atoms with Gasteiger partial charge in [0.05, 0.1) is 0 Å². The van der Waals surface area contributed by atoms with Gasteiger partial charge in [-0.2, -0.15) is 0 Å². The molecule has 0 aliphatic heterocycles. The Morgan fingerprint density at radius 1 is 0.364 bits per heavy atom. The van der Waals surface area contributed by atoms with Crippen molar-refractivity contribution < 1.29 is 0 Å². The van der Waals surface area contributed by atoms with Gasteiger partial charge >= 0.3 is 0 Å². The molecule has 0 aromatic heterocycles. The van der Waals surface area contributed by atoms with Gasteiger partial charge in [-0.15, -0.1) is 0 Å². The molecule has 0 saturated heterocycles. The van der Waals surface area contributed by atoms with E-state index in [2.05, 4.69) is 48.6 Å². The molecule has 0 radical (unpaired) electrons. The molecule has 3 aromatic rings. The van der Waals surface area contributed by atoms with E-state index in [1.54, 1.807) is 0 Å². The van der Waals surface area contributed by atoms with Crippen LogP contribution in [0.2, 0.25) is 0 Å². The van der Waals surface area contributed by atoms with E-state index in [4.69, 9.17) is 0 Å². The van der Waals surface area contributed by atoms with Gasteiger partial charge in [0.1, 0.15) is 0 Å². The second kappa shape index (κ2) is 9.95. The average molecular weight is 284 g/mol. The summed E-state index contributed by atoms with van der Waals surface area (Å²) >= 11 is 0. The maximum atomic E-state index is 2.10. The largest absolute Gasteiger partial charge is 0.0623 e. The van der Waals surface area contributed by atoms with Crippen LogP contribution in [0.5, 0.6) is 0 Å². The van der Waals surface area contributed by atoms with Crippen molar-refractivity contribution in [1.29, 1.82) is 0 Å². The molecule has 0 aliphatic rings. The van der Waals surface area contributed by atoms with Crippen molar-refractivity contribution in [1.82, 2.24) is 0 Å². The highest BCUT2D eigenvalue weighted by molar-refractivity contribution is 5.56. The third-order valence-electron chi connectivity index (χ3n) is 2.95. The minimum absolute atomic E-state index is 1.22. The lowest BCUT2D eigenvalue weighted by Gasteiger charge is -1.90. The second-order valence-electron chi connectivity index (χ2n) is 4.69. The summed E-state index contributed by atoms with van der Waals surface area (Å²) < 4.78 is 0. The molecule has 108 valence electrons. The van der Waals surface area contributed by atoms with Crippen molar-refractivity contribution in [2.45, 2.75) is 0 Å². The SMILES string of the molecule is C(/C=C/c1ccccc1)=C\c1ccccc1.c1ccccc1. The van der Waals surface area contributed by atoms with Gasteiger partial charge < -0.3 is 0 Å². The minimum atomic E-state index is 1.22. The molecule has 0 nitrogen and oxygen atoms in total. The summed E-state index contributed by atoms with van der Waals surface area (Å²) in [5.74, 6) is 0. The Kier molecular flexibility index (Phi) is 7.02. The van der Waals surface area contributed by atoms with Crippen molar-refractivity contribution in [2.24, 2.45) is 0 Å². The fraction of sp³-hybridized carbons (Fsp3) is 0. The molecule has 0 N–H and O–H groups in total. The first kappa shape index (κ1) is 15.5. The number of benzene rings is 3. The van der Waals surface area contributed by atoms with E-state index < -0.39 is 0 Å². The van der Waals surface area contributed by atoms with Crippen LogP contribution in [0.4, 0.5) is 0 Å². The molecule has 0 heteroatoms. The first-order valence-electron chi connectivity index (χ1n) is 7.40. The molecule has 0 fully saturated rings. The van der Waals surface area contributed by atoms with Crippen molar-refractivity contribution in [2.75, 3.05) is 0 Å². The predicted octanol–water partition coefficient (Wildman–Crippen LogP) is 6.10. The van der Waals surface area contributed by atoms with Gasteiger partial charge in [-0.1, -0.05) is 121 Å². The summed E-state index contributed by atoms with van der Waals surface area (Å²) in [4.78, 5) is 0. The van der Waals surface area contributed by atoms with E-state index >= 15 is 0 Å². The fourth-order valence-electron chi connectivity index (χ4n) is 1.85. The third kappa shape index (κ3) is 6.53. The van der Waals surface area contributed by atoms with Crippen molar-refractivity contribution in [3.05, 3.63) is 120 Å². The van der Waals surface area contributed by atoms with Crippen LogP contribution in [0, 0.1) is 0 Å². The smallest absolute Gasteiger partial charge is 0.0257 e. The normalized spacial score (nSPS) is 10.4. The highest BCUT2D eigenvalue weighted by Crippen LogP contribution is 2.03. The van der Waals surface area contributed by atoms with E-state index in [9.17, 15) is 0 Å². The lowest BCUT2D eigenvalue weighted by Crippen LogP contribution is -1.68. The van der Waals surface area contributed by atoms with Gasteiger partial charge in [-0.3, -0.25) is 0 Å². The Labute approximate surface area is 133 Å². The van der Waals surface area contributed by atoms with Gasteiger partial charge in [-0.25, -0.2) is 0 Å². The predicted molar refractivity (Wildman–Crippen MR) is 97.4 cm³/mol. The number of hydrogen-bond donors (Lipinski definition) is 0. The van der Waals surface area contributed by atoms with Crippen LogP contribution < -0.4 is 0 Å². The molecule has 0 atom stereocenters. The zero-order valence-electron chi connectivity index (χ0n) is 12.5. The summed E-state index contributed by atoms with van der Waals surface area (Å²) in [7, 11) is 0. The Morgan fingerprint density at radius 3 is 0.955 bits per heavy atom. The second-order valence-corrected chi connectivity index (χ2v) is 4.69. The number of hydrogen-bond acceptors (Lipinski definition) is 0. The zero-order valence-corrected chi connectivity index (χ0v) is 12.5. The van der Waals surface area contributed by atoms with Gasteiger partial charge in [0.15, 0.2) is 0 Å². The highest BCUT2D eigenvalue weighted by Gasteiger charge is 1.81. The zero-order chi connectivity index (χ0) is 15.3. The van der Waals surface area contributed by atoms with Crippen LogP contribution >= 0.6 is 0 Å². The van der Waals surface area contributed by atoms with Crippen LogP contribution in [-0.2, 0) is 0 Å². The first-order chi connectivity index (χ1) is 10.9. The Morgan fingerprint density at radius 2 is 0.636 bits per heavy atom. The van der Waals surface area contributed by atoms with Crippen LogP contribution in [-0.4, -0.2) is 0 Å². The lowest BCUT2D eigenvalue weighted by molar-refractivity contribution is 1.65. The van der Waals surface area contributed by atoms with Crippen molar-refractivity contribution in [3.8, 4) is 0 Å². The molecule has 0 amide bonds.